The van der Waals surface area contributed by atoms with E-state index in [0.29, 0.717) is 0 Å². The highest BCUT2D eigenvalue weighted by atomic mass is 79.9. The maximum atomic E-state index is 13.4. The largest absolute Gasteiger partial charge is 0.384 e. The van der Waals surface area contributed by atoms with Gasteiger partial charge in [-0.3, -0.25) is 4.79 Å². The highest BCUT2D eigenvalue weighted by Gasteiger charge is 2.27. The Morgan fingerprint density at radius 1 is 1.40 bits per heavy atom. The molecule has 0 spiro atoms. The monoisotopic (exact) mass is 357 g/mol. The van der Waals surface area contributed by atoms with Crippen LogP contribution in [0.3, 0.4) is 0 Å². The molecule has 8 heteroatoms. The molecule has 2 atom stereocenters. The first-order valence-electron chi connectivity index (χ1n) is 5.53. The molecular formula is C12H12BrF4NO2. The van der Waals surface area contributed by atoms with Crippen molar-refractivity contribution in [1.29, 1.82) is 0 Å². The fraction of sp³-hybridized carbons (Fsp3) is 0.417. The number of alkyl halides is 3. The molecule has 0 aliphatic carbocycles. The Kier molecular flexibility index (Phi) is 6.41. The fourth-order valence-electron chi connectivity index (χ4n) is 1.52. The number of nitrogens with one attached hydrogen (secondary N) is 1. The number of halogens is 5. The van der Waals surface area contributed by atoms with E-state index in [4.69, 9.17) is 4.74 Å². The number of methoxy groups -OCH3 is 1. The predicted molar refractivity (Wildman–Crippen MR) is 67.8 cm³/mol. The molecule has 1 N–H and O–H groups in total. The Balaban J connectivity index is 2.92. The van der Waals surface area contributed by atoms with E-state index in [2.05, 4.69) is 15.9 Å². The van der Waals surface area contributed by atoms with Gasteiger partial charge >= 0.3 is 0 Å². The lowest BCUT2D eigenvalue weighted by atomic mass is 9.99. The average Bonchev–Trinajstić information content (AvgIpc) is 2.39. The Morgan fingerprint density at radius 2 is 2.05 bits per heavy atom. The molecule has 0 saturated heterocycles. The smallest absolute Gasteiger partial charge is 0.287 e. The van der Waals surface area contributed by atoms with Gasteiger partial charge in [0.05, 0.1) is 17.0 Å². The van der Waals surface area contributed by atoms with E-state index in [0.717, 1.165) is 6.07 Å². The van der Waals surface area contributed by atoms with Crippen LogP contribution in [0.25, 0.3) is 0 Å². The van der Waals surface area contributed by atoms with Crippen molar-refractivity contribution in [2.75, 3.05) is 13.7 Å². The van der Waals surface area contributed by atoms with Crippen molar-refractivity contribution in [3.05, 3.63) is 34.1 Å². The number of rotatable bonds is 6. The minimum atomic E-state index is -3.33. The van der Waals surface area contributed by atoms with Crippen molar-refractivity contribution in [2.24, 2.45) is 0 Å². The van der Waals surface area contributed by atoms with E-state index in [9.17, 15) is 22.4 Å². The number of carbonyl (C=O) groups is 1. The molecule has 1 aromatic rings. The molecule has 1 rings (SSSR count). The van der Waals surface area contributed by atoms with Crippen LogP contribution < -0.4 is 5.32 Å². The normalized spacial score (nSPS) is 14.2. The molecule has 0 aliphatic heterocycles. The van der Waals surface area contributed by atoms with Crippen molar-refractivity contribution in [3.8, 4) is 0 Å². The molecule has 0 heterocycles. The predicted octanol–water partition coefficient (Wildman–Crippen LogP) is 3.00. The van der Waals surface area contributed by atoms with E-state index in [1.807, 2.05) is 0 Å². The number of amides is 1. The molecule has 0 radical (unpaired) electrons. The first-order valence-corrected chi connectivity index (χ1v) is 6.32. The summed E-state index contributed by atoms with van der Waals surface area (Å²) in [6, 6.07) is 3.84. The van der Waals surface area contributed by atoms with Crippen molar-refractivity contribution < 1.29 is 27.1 Å². The molecule has 112 valence electrons. The molecule has 20 heavy (non-hydrogen) atoms. The van der Waals surface area contributed by atoms with Gasteiger partial charge in [-0.25, -0.2) is 17.6 Å². The van der Waals surface area contributed by atoms with Gasteiger partial charge in [0, 0.05) is 7.11 Å². The van der Waals surface area contributed by atoms with Crippen LogP contribution in [0.4, 0.5) is 17.6 Å². The van der Waals surface area contributed by atoms with Crippen LogP contribution in [0.15, 0.2) is 22.7 Å². The van der Waals surface area contributed by atoms with Crippen LogP contribution in [0.5, 0.6) is 0 Å². The first kappa shape index (κ1) is 16.9. The van der Waals surface area contributed by atoms with E-state index in [1.165, 1.54) is 24.6 Å². The average molecular weight is 358 g/mol. The van der Waals surface area contributed by atoms with E-state index in [-0.39, 0.29) is 16.6 Å². The quantitative estimate of drug-likeness (QED) is 0.627. The Labute approximate surface area is 121 Å². The van der Waals surface area contributed by atoms with Crippen molar-refractivity contribution in [3.63, 3.8) is 0 Å². The van der Waals surface area contributed by atoms with Gasteiger partial charge in [-0.1, -0.05) is 6.07 Å². The summed E-state index contributed by atoms with van der Waals surface area (Å²) in [5.41, 5.74) is 0.200. The minimum absolute atomic E-state index is 0.189. The van der Waals surface area contributed by atoms with Crippen molar-refractivity contribution in [2.45, 2.75) is 18.6 Å². The second-order valence-corrected chi connectivity index (χ2v) is 4.78. The molecule has 0 bridgehead atoms. The Hall–Kier alpha value is -1.15. The van der Waals surface area contributed by atoms with Crippen LogP contribution in [0, 0.1) is 5.82 Å². The van der Waals surface area contributed by atoms with Crippen LogP contribution >= 0.6 is 15.9 Å². The summed E-state index contributed by atoms with van der Waals surface area (Å²) in [7, 11) is 1.29. The van der Waals surface area contributed by atoms with Gasteiger partial charge < -0.3 is 10.1 Å². The third-order valence-electron chi connectivity index (χ3n) is 2.50. The summed E-state index contributed by atoms with van der Waals surface area (Å²) < 4.78 is 55.4. The van der Waals surface area contributed by atoms with Gasteiger partial charge in [0.15, 0.2) is 0 Å². The molecule has 0 fully saturated rings. The fourth-order valence-corrected chi connectivity index (χ4v) is 1.77. The summed E-state index contributed by atoms with van der Waals surface area (Å²) in [5, 5.41) is 1.53. The Morgan fingerprint density at radius 3 is 2.55 bits per heavy atom. The summed E-state index contributed by atoms with van der Waals surface area (Å²) in [5.74, 6) is -2.71. The van der Waals surface area contributed by atoms with Crippen molar-refractivity contribution in [1.82, 2.24) is 5.32 Å². The summed E-state index contributed by atoms with van der Waals surface area (Å²) >= 11 is 2.95. The SMILES string of the molecule is COCC(C(=O)NC(F)C(F)F)c1ccc(Br)c(F)c1. The van der Waals surface area contributed by atoms with Gasteiger partial charge in [0.2, 0.25) is 12.2 Å². The maximum absolute atomic E-state index is 13.4. The zero-order chi connectivity index (χ0) is 15.3. The molecule has 2 unspecified atom stereocenters. The number of carbonyl (C=O) groups excluding carboxylic acids is 1. The number of hydrogen-bond donors (Lipinski definition) is 1. The van der Waals surface area contributed by atoms with E-state index >= 15 is 0 Å². The zero-order valence-corrected chi connectivity index (χ0v) is 12.0. The number of ether oxygens (including phenoxy) is 1. The van der Waals surface area contributed by atoms with E-state index in [1.54, 1.807) is 0 Å². The first-order chi connectivity index (χ1) is 9.36. The molecule has 3 nitrogen and oxygen atoms in total. The number of hydrogen-bond acceptors (Lipinski definition) is 2. The van der Waals surface area contributed by atoms with Crippen LogP contribution in [0.1, 0.15) is 11.5 Å². The lowest BCUT2D eigenvalue weighted by molar-refractivity contribution is -0.127. The highest BCUT2D eigenvalue weighted by Crippen LogP contribution is 2.23. The minimum Gasteiger partial charge on any atom is -0.384 e. The summed E-state index contributed by atoms with van der Waals surface area (Å²) in [4.78, 5) is 11.7. The second-order valence-electron chi connectivity index (χ2n) is 3.93. The lowest BCUT2D eigenvalue weighted by Gasteiger charge is -2.18. The molecule has 0 aromatic heterocycles. The van der Waals surface area contributed by atoms with Crippen LogP contribution in [0.2, 0.25) is 0 Å². The molecule has 0 aliphatic rings. The topological polar surface area (TPSA) is 38.3 Å². The Bertz CT molecular complexity index is 473. The third-order valence-corrected chi connectivity index (χ3v) is 3.14. The third kappa shape index (κ3) is 4.45. The van der Waals surface area contributed by atoms with Gasteiger partial charge in [-0.05, 0) is 33.6 Å². The molecule has 1 amide bonds. The molecular weight excluding hydrogens is 346 g/mol. The van der Waals surface area contributed by atoms with Crippen LogP contribution in [-0.2, 0) is 9.53 Å². The van der Waals surface area contributed by atoms with Gasteiger partial charge in [-0.2, -0.15) is 0 Å². The second kappa shape index (κ2) is 7.58. The van der Waals surface area contributed by atoms with Crippen LogP contribution in [-0.4, -0.2) is 32.3 Å². The van der Waals surface area contributed by atoms with E-state index < -0.39 is 30.4 Å². The summed E-state index contributed by atoms with van der Waals surface area (Å²) in [6.07, 6.45) is -6.11. The summed E-state index contributed by atoms with van der Waals surface area (Å²) in [6.45, 7) is -0.192. The molecule has 0 saturated carbocycles. The van der Waals surface area contributed by atoms with Gasteiger partial charge in [0.1, 0.15) is 5.82 Å². The van der Waals surface area contributed by atoms with Gasteiger partial charge in [0.25, 0.3) is 6.43 Å². The standard InChI is InChI=1S/C12H12BrF4NO2/c1-20-5-7(12(19)18-11(17)10(15)16)6-2-3-8(13)9(14)4-6/h2-4,7,10-11H,5H2,1H3,(H,18,19). The number of benzene rings is 1. The highest BCUT2D eigenvalue weighted by molar-refractivity contribution is 9.10. The zero-order valence-electron chi connectivity index (χ0n) is 10.4. The maximum Gasteiger partial charge on any atom is 0.287 e. The van der Waals surface area contributed by atoms with Crippen molar-refractivity contribution >= 4 is 21.8 Å². The van der Waals surface area contributed by atoms with Gasteiger partial charge in [-0.15, -0.1) is 0 Å². The lowest BCUT2D eigenvalue weighted by Crippen LogP contribution is -2.40. The molecule has 1 aromatic carbocycles.